The molecule has 6 nitrogen and oxygen atoms in total. The highest BCUT2D eigenvalue weighted by Gasteiger charge is 2.11. The molecule has 0 fully saturated rings. The molecule has 104 valence electrons. The van der Waals surface area contributed by atoms with E-state index in [1.54, 1.807) is 6.07 Å². The maximum Gasteiger partial charge on any atom is 0.276 e. The molecule has 0 atom stereocenters. The first-order valence-electron chi connectivity index (χ1n) is 6.40. The maximum atomic E-state index is 12.2. The van der Waals surface area contributed by atoms with E-state index in [-0.39, 0.29) is 17.4 Å². The van der Waals surface area contributed by atoms with Crippen LogP contribution in [0, 0.1) is 6.92 Å². The molecular weight excluding hydrogens is 266 g/mol. The number of nitrogens with one attached hydrogen (secondary N) is 1. The molecule has 3 N–H and O–H groups in total. The van der Waals surface area contributed by atoms with E-state index in [9.17, 15) is 4.79 Å². The summed E-state index contributed by atoms with van der Waals surface area (Å²) >= 11 is 0. The smallest absolute Gasteiger partial charge is 0.276 e. The van der Waals surface area contributed by atoms with Crippen molar-refractivity contribution < 1.29 is 4.79 Å². The van der Waals surface area contributed by atoms with Crippen LogP contribution in [0.1, 0.15) is 16.2 Å². The molecule has 0 spiro atoms. The number of nitrogen functional groups attached to an aromatic ring is 1. The van der Waals surface area contributed by atoms with E-state index in [1.165, 1.54) is 12.1 Å². The SMILES string of the molecule is Cc1ccc2cccc(NC(=O)c3ccc(N)nn3)c2n1. The number of benzene rings is 1. The minimum atomic E-state index is -0.349. The molecule has 2 aromatic heterocycles. The number of rotatable bonds is 2. The first-order valence-corrected chi connectivity index (χ1v) is 6.40. The van der Waals surface area contributed by atoms with Crippen molar-refractivity contribution in [2.45, 2.75) is 6.92 Å². The van der Waals surface area contributed by atoms with E-state index in [2.05, 4.69) is 20.5 Å². The molecule has 0 saturated carbocycles. The Bertz CT molecular complexity index is 814. The highest BCUT2D eigenvalue weighted by Crippen LogP contribution is 2.22. The van der Waals surface area contributed by atoms with Crippen LogP contribution in [0.5, 0.6) is 0 Å². The molecule has 1 aromatic carbocycles. The molecule has 1 amide bonds. The lowest BCUT2D eigenvalue weighted by atomic mass is 10.1. The lowest BCUT2D eigenvalue weighted by molar-refractivity contribution is 0.102. The Morgan fingerprint density at radius 1 is 1.10 bits per heavy atom. The summed E-state index contributed by atoms with van der Waals surface area (Å²) in [6, 6.07) is 12.6. The number of hydrogen-bond donors (Lipinski definition) is 2. The van der Waals surface area contributed by atoms with Crippen molar-refractivity contribution in [2.75, 3.05) is 11.1 Å². The van der Waals surface area contributed by atoms with Crippen molar-refractivity contribution in [3.63, 3.8) is 0 Å². The van der Waals surface area contributed by atoms with E-state index in [1.807, 2.05) is 31.2 Å². The fourth-order valence-corrected chi connectivity index (χ4v) is 2.00. The predicted molar refractivity (Wildman–Crippen MR) is 80.9 cm³/mol. The second-order valence-corrected chi connectivity index (χ2v) is 4.63. The molecule has 0 aliphatic rings. The summed E-state index contributed by atoms with van der Waals surface area (Å²) < 4.78 is 0. The van der Waals surface area contributed by atoms with Gasteiger partial charge in [-0.3, -0.25) is 9.78 Å². The van der Waals surface area contributed by atoms with Gasteiger partial charge in [0.25, 0.3) is 5.91 Å². The fourth-order valence-electron chi connectivity index (χ4n) is 2.00. The molecule has 0 bridgehead atoms. The topological polar surface area (TPSA) is 93.8 Å². The molecule has 21 heavy (non-hydrogen) atoms. The van der Waals surface area contributed by atoms with E-state index in [0.717, 1.165) is 16.6 Å². The molecule has 0 saturated heterocycles. The van der Waals surface area contributed by atoms with Gasteiger partial charge in [0.1, 0.15) is 5.82 Å². The lowest BCUT2D eigenvalue weighted by Crippen LogP contribution is -2.15. The number of pyridine rings is 1. The highest BCUT2D eigenvalue weighted by atomic mass is 16.1. The zero-order valence-corrected chi connectivity index (χ0v) is 11.4. The van der Waals surface area contributed by atoms with Gasteiger partial charge in [0.2, 0.25) is 0 Å². The van der Waals surface area contributed by atoms with Crippen LogP contribution in [0.2, 0.25) is 0 Å². The summed E-state index contributed by atoms with van der Waals surface area (Å²) in [6.45, 7) is 1.91. The first kappa shape index (κ1) is 13.0. The second kappa shape index (κ2) is 5.16. The summed E-state index contributed by atoms with van der Waals surface area (Å²) in [5, 5.41) is 11.2. The van der Waals surface area contributed by atoms with E-state index in [0.29, 0.717) is 5.69 Å². The minimum Gasteiger partial charge on any atom is -0.382 e. The molecule has 3 aromatic rings. The van der Waals surface area contributed by atoms with Gasteiger partial charge in [-0.05, 0) is 31.2 Å². The van der Waals surface area contributed by atoms with Crippen LogP contribution in [0.4, 0.5) is 11.5 Å². The summed E-state index contributed by atoms with van der Waals surface area (Å²) in [4.78, 5) is 16.6. The number of aryl methyl sites for hydroxylation is 1. The van der Waals surface area contributed by atoms with Crippen LogP contribution in [-0.2, 0) is 0 Å². The van der Waals surface area contributed by atoms with Crippen LogP contribution in [0.25, 0.3) is 10.9 Å². The number of hydrogen-bond acceptors (Lipinski definition) is 5. The van der Waals surface area contributed by atoms with Crippen LogP contribution < -0.4 is 11.1 Å². The minimum absolute atomic E-state index is 0.203. The van der Waals surface area contributed by atoms with Crippen LogP contribution >= 0.6 is 0 Å². The zero-order valence-electron chi connectivity index (χ0n) is 11.4. The molecular formula is C15H13N5O. The Hall–Kier alpha value is -3.02. The second-order valence-electron chi connectivity index (χ2n) is 4.63. The van der Waals surface area contributed by atoms with Gasteiger partial charge < -0.3 is 11.1 Å². The van der Waals surface area contributed by atoms with E-state index < -0.39 is 0 Å². The van der Waals surface area contributed by atoms with Gasteiger partial charge in [-0.15, -0.1) is 10.2 Å². The van der Waals surface area contributed by atoms with Crippen molar-refractivity contribution in [1.29, 1.82) is 0 Å². The summed E-state index contributed by atoms with van der Waals surface area (Å²) in [5.74, 6) is -0.0766. The van der Waals surface area contributed by atoms with Gasteiger partial charge in [0.15, 0.2) is 5.69 Å². The number of nitrogens with zero attached hydrogens (tertiary/aromatic N) is 3. The van der Waals surface area contributed by atoms with Gasteiger partial charge in [-0.1, -0.05) is 18.2 Å². The number of carbonyl (C=O) groups excluding carboxylic acids is 1. The third kappa shape index (κ3) is 2.64. The van der Waals surface area contributed by atoms with Crippen molar-refractivity contribution in [3.05, 3.63) is 53.9 Å². The molecule has 0 radical (unpaired) electrons. The van der Waals surface area contributed by atoms with Crippen LogP contribution in [-0.4, -0.2) is 21.1 Å². The zero-order chi connectivity index (χ0) is 14.8. The molecule has 2 heterocycles. The monoisotopic (exact) mass is 279 g/mol. The van der Waals surface area contributed by atoms with Gasteiger partial charge in [0, 0.05) is 11.1 Å². The third-order valence-corrected chi connectivity index (χ3v) is 3.03. The van der Waals surface area contributed by atoms with Crippen molar-refractivity contribution >= 4 is 28.3 Å². The van der Waals surface area contributed by atoms with Crippen molar-refractivity contribution in [3.8, 4) is 0 Å². The molecule has 0 aliphatic carbocycles. The number of aromatic nitrogens is 3. The Morgan fingerprint density at radius 3 is 2.71 bits per heavy atom. The van der Waals surface area contributed by atoms with Crippen molar-refractivity contribution in [1.82, 2.24) is 15.2 Å². The largest absolute Gasteiger partial charge is 0.382 e. The van der Waals surface area contributed by atoms with Gasteiger partial charge in [-0.2, -0.15) is 0 Å². The quantitative estimate of drug-likeness (QED) is 0.749. The molecule has 3 rings (SSSR count). The summed E-state index contributed by atoms with van der Waals surface area (Å²) in [5.41, 5.74) is 7.93. The van der Waals surface area contributed by atoms with Crippen LogP contribution in [0.15, 0.2) is 42.5 Å². The molecule has 6 heteroatoms. The normalized spacial score (nSPS) is 10.5. The van der Waals surface area contributed by atoms with E-state index >= 15 is 0 Å². The third-order valence-electron chi connectivity index (χ3n) is 3.03. The number of anilines is 2. The Labute approximate surface area is 121 Å². The first-order chi connectivity index (χ1) is 10.1. The maximum absolute atomic E-state index is 12.2. The van der Waals surface area contributed by atoms with Gasteiger partial charge in [0.05, 0.1) is 11.2 Å². The van der Waals surface area contributed by atoms with Crippen LogP contribution in [0.3, 0.4) is 0 Å². The number of carbonyl (C=O) groups is 1. The predicted octanol–water partition coefficient (Wildman–Crippen LogP) is 2.17. The number of nitrogens with two attached hydrogens (primary N) is 1. The van der Waals surface area contributed by atoms with Crippen molar-refractivity contribution in [2.24, 2.45) is 0 Å². The Balaban J connectivity index is 1.96. The molecule has 0 aliphatic heterocycles. The summed E-state index contributed by atoms with van der Waals surface area (Å²) in [6.07, 6.45) is 0. The Kier molecular flexibility index (Phi) is 3.19. The average Bonchev–Trinajstić information content (AvgIpc) is 2.48. The summed E-state index contributed by atoms with van der Waals surface area (Å²) in [7, 11) is 0. The van der Waals surface area contributed by atoms with E-state index in [4.69, 9.17) is 5.73 Å². The standard InChI is InChI=1S/C15H13N5O/c1-9-5-6-10-3-2-4-11(14(10)17-9)18-15(21)12-7-8-13(16)20-19-12/h2-8H,1H3,(H2,16,20)(H,18,21). The fraction of sp³-hybridized carbons (Fsp3) is 0.0667. The van der Waals surface area contributed by atoms with Gasteiger partial charge in [-0.25, -0.2) is 0 Å². The average molecular weight is 279 g/mol. The number of amides is 1. The lowest BCUT2D eigenvalue weighted by Gasteiger charge is -2.08. The number of fused-ring (bicyclic) bond motifs is 1. The number of para-hydroxylation sites is 1. The Morgan fingerprint density at radius 2 is 1.95 bits per heavy atom. The highest BCUT2D eigenvalue weighted by molar-refractivity contribution is 6.07. The molecule has 0 unspecified atom stereocenters. The van der Waals surface area contributed by atoms with Gasteiger partial charge >= 0.3 is 0 Å².